The molecule has 0 radical (unpaired) electrons. The van der Waals surface area contributed by atoms with Crippen LogP contribution in [0.2, 0.25) is 5.02 Å². The first-order valence-electron chi connectivity index (χ1n) is 5.37. The molecule has 0 atom stereocenters. The molecule has 5 nitrogen and oxygen atoms in total. The van der Waals surface area contributed by atoms with Gasteiger partial charge in [-0.25, -0.2) is 0 Å². The van der Waals surface area contributed by atoms with Crippen LogP contribution in [0.3, 0.4) is 0 Å². The Morgan fingerprint density at radius 3 is 2.74 bits per heavy atom. The van der Waals surface area contributed by atoms with Crippen LogP contribution in [0.1, 0.15) is 0 Å². The van der Waals surface area contributed by atoms with E-state index in [9.17, 15) is 4.79 Å². The summed E-state index contributed by atoms with van der Waals surface area (Å²) in [6.07, 6.45) is 0. The minimum atomic E-state index is -0.0893. The molecule has 2 aromatic rings. The molecule has 0 fully saturated rings. The Balaban J connectivity index is 1.82. The van der Waals surface area contributed by atoms with Gasteiger partial charge < -0.3 is 10.6 Å². The van der Waals surface area contributed by atoms with Gasteiger partial charge in [-0.05, 0) is 24.3 Å². The van der Waals surface area contributed by atoms with Crippen LogP contribution in [0.25, 0.3) is 0 Å². The lowest BCUT2D eigenvalue weighted by molar-refractivity contribution is -0.113. The molecule has 0 saturated carbocycles. The number of nitrogens with one attached hydrogen (secondary N) is 2. The zero-order valence-electron chi connectivity index (χ0n) is 10.0. The summed E-state index contributed by atoms with van der Waals surface area (Å²) in [5, 5.41) is 14.9. The average Bonchev–Trinajstić information content (AvgIpc) is 2.87. The van der Waals surface area contributed by atoms with Crippen molar-refractivity contribution in [1.82, 2.24) is 10.2 Å². The van der Waals surface area contributed by atoms with Crippen molar-refractivity contribution < 1.29 is 4.79 Å². The van der Waals surface area contributed by atoms with Crippen LogP contribution in [-0.4, -0.2) is 28.9 Å². The van der Waals surface area contributed by atoms with Crippen molar-refractivity contribution in [1.29, 1.82) is 0 Å². The van der Waals surface area contributed by atoms with Crippen molar-refractivity contribution in [3.63, 3.8) is 0 Å². The molecule has 0 unspecified atom stereocenters. The van der Waals surface area contributed by atoms with E-state index in [-0.39, 0.29) is 5.91 Å². The number of halogens is 1. The Morgan fingerprint density at radius 1 is 1.37 bits per heavy atom. The van der Waals surface area contributed by atoms with E-state index < -0.39 is 0 Å². The van der Waals surface area contributed by atoms with E-state index in [4.69, 9.17) is 11.6 Å². The molecule has 0 bridgehead atoms. The van der Waals surface area contributed by atoms with Crippen LogP contribution in [0.4, 0.5) is 10.8 Å². The lowest BCUT2D eigenvalue weighted by Gasteiger charge is -2.03. The molecule has 19 heavy (non-hydrogen) atoms. The fourth-order valence-electron chi connectivity index (χ4n) is 1.23. The predicted molar refractivity (Wildman–Crippen MR) is 80.3 cm³/mol. The zero-order valence-corrected chi connectivity index (χ0v) is 12.4. The molecule has 100 valence electrons. The highest BCUT2D eigenvalue weighted by Gasteiger charge is 2.07. The summed E-state index contributed by atoms with van der Waals surface area (Å²) in [6, 6.07) is 6.98. The summed E-state index contributed by atoms with van der Waals surface area (Å²) in [7, 11) is 1.78. The number of hydrogen-bond donors (Lipinski definition) is 2. The normalized spacial score (nSPS) is 10.2. The number of carbonyl (C=O) groups excluding carboxylic acids is 1. The highest BCUT2D eigenvalue weighted by atomic mass is 35.5. The van der Waals surface area contributed by atoms with Gasteiger partial charge in [0.2, 0.25) is 11.0 Å². The third kappa shape index (κ3) is 4.38. The maximum Gasteiger partial charge on any atom is 0.234 e. The van der Waals surface area contributed by atoms with Crippen molar-refractivity contribution >= 4 is 51.4 Å². The molecule has 1 aromatic heterocycles. The van der Waals surface area contributed by atoms with Gasteiger partial charge in [-0.15, -0.1) is 10.2 Å². The molecule has 0 aliphatic carbocycles. The van der Waals surface area contributed by atoms with Gasteiger partial charge in [0.15, 0.2) is 4.34 Å². The van der Waals surface area contributed by atoms with E-state index in [0.29, 0.717) is 10.8 Å². The number of amides is 1. The van der Waals surface area contributed by atoms with Crippen LogP contribution >= 0.6 is 34.7 Å². The molecule has 1 heterocycles. The van der Waals surface area contributed by atoms with Crippen molar-refractivity contribution in [2.45, 2.75) is 4.34 Å². The Bertz CT molecular complexity index is 558. The third-order valence-corrected chi connectivity index (χ3v) is 4.40. The Morgan fingerprint density at radius 2 is 2.11 bits per heavy atom. The second-order valence-corrected chi connectivity index (χ2v) is 6.10. The number of carbonyl (C=O) groups is 1. The smallest absolute Gasteiger partial charge is 0.234 e. The topological polar surface area (TPSA) is 66.9 Å². The molecule has 0 spiro atoms. The van der Waals surface area contributed by atoms with E-state index in [2.05, 4.69) is 20.8 Å². The van der Waals surface area contributed by atoms with Gasteiger partial charge in [-0.2, -0.15) is 0 Å². The maximum atomic E-state index is 11.7. The van der Waals surface area contributed by atoms with Crippen molar-refractivity contribution in [2.75, 3.05) is 23.4 Å². The van der Waals surface area contributed by atoms with Gasteiger partial charge in [0.25, 0.3) is 0 Å². The second kappa shape index (κ2) is 6.74. The minimum Gasteiger partial charge on any atom is -0.363 e. The number of thioether (sulfide) groups is 1. The minimum absolute atomic E-state index is 0.0893. The van der Waals surface area contributed by atoms with Crippen LogP contribution in [0.5, 0.6) is 0 Å². The van der Waals surface area contributed by atoms with E-state index in [1.54, 1.807) is 31.3 Å². The summed E-state index contributed by atoms with van der Waals surface area (Å²) >= 11 is 8.54. The van der Waals surface area contributed by atoms with Crippen molar-refractivity contribution in [2.24, 2.45) is 0 Å². The fourth-order valence-corrected chi connectivity index (χ4v) is 2.86. The van der Waals surface area contributed by atoms with Gasteiger partial charge >= 0.3 is 0 Å². The first kappa shape index (κ1) is 14.1. The maximum absolute atomic E-state index is 11.7. The number of benzene rings is 1. The summed E-state index contributed by atoms with van der Waals surface area (Å²) in [6.45, 7) is 0. The van der Waals surface area contributed by atoms with Gasteiger partial charge in [-0.1, -0.05) is 34.7 Å². The zero-order chi connectivity index (χ0) is 13.7. The fraction of sp³-hybridized carbons (Fsp3) is 0.182. The Hall–Kier alpha value is -1.31. The SMILES string of the molecule is CNc1nnc(SCC(=O)Nc2ccc(Cl)cc2)s1. The monoisotopic (exact) mass is 314 g/mol. The number of anilines is 2. The van der Waals surface area contributed by atoms with Gasteiger partial charge in [0.05, 0.1) is 5.75 Å². The lowest BCUT2D eigenvalue weighted by Crippen LogP contribution is -2.13. The molecule has 2 rings (SSSR count). The second-order valence-electron chi connectivity index (χ2n) is 3.47. The van der Waals surface area contributed by atoms with E-state index in [1.807, 2.05) is 0 Å². The lowest BCUT2D eigenvalue weighted by atomic mass is 10.3. The summed E-state index contributed by atoms with van der Waals surface area (Å²) < 4.78 is 0.760. The molecular weight excluding hydrogens is 304 g/mol. The van der Waals surface area contributed by atoms with E-state index in [0.717, 1.165) is 15.2 Å². The largest absolute Gasteiger partial charge is 0.363 e. The quantitative estimate of drug-likeness (QED) is 0.831. The van der Waals surface area contributed by atoms with E-state index >= 15 is 0 Å². The molecule has 0 saturated heterocycles. The highest BCUT2D eigenvalue weighted by molar-refractivity contribution is 8.01. The summed E-state index contributed by atoms with van der Waals surface area (Å²) in [5.41, 5.74) is 0.725. The molecule has 1 aromatic carbocycles. The molecular formula is C11H11ClN4OS2. The van der Waals surface area contributed by atoms with E-state index in [1.165, 1.54) is 23.1 Å². The van der Waals surface area contributed by atoms with Crippen molar-refractivity contribution in [3.8, 4) is 0 Å². The van der Waals surface area contributed by atoms with Gasteiger partial charge in [0.1, 0.15) is 0 Å². The summed E-state index contributed by atoms with van der Waals surface area (Å²) in [4.78, 5) is 11.7. The molecule has 0 aliphatic rings. The molecule has 2 N–H and O–H groups in total. The Labute approximate surface area is 123 Å². The van der Waals surface area contributed by atoms with Crippen LogP contribution < -0.4 is 10.6 Å². The average molecular weight is 315 g/mol. The van der Waals surface area contributed by atoms with Gasteiger partial charge in [-0.3, -0.25) is 4.79 Å². The number of aromatic nitrogens is 2. The summed E-state index contributed by atoms with van der Waals surface area (Å²) in [5.74, 6) is 0.203. The van der Waals surface area contributed by atoms with Gasteiger partial charge in [0, 0.05) is 17.8 Å². The Kier molecular flexibility index (Phi) is 5.00. The molecule has 1 amide bonds. The molecule has 0 aliphatic heterocycles. The number of rotatable bonds is 5. The van der Waals surface area contributed by atoms with Crippen molar-refractivity contribution in [3.05, 3.63) is 29.3 Å². The predicted octanol–water partition coefficient (Wildman–Crippen LogP) is 2.96. The van der Waals surface area contributed by atoms with Crippen LogP contribution in [-0.2, 0) is 4.79 Å². The molecule has 8 heteroatoms. The number of nitrogens with zero attached hydrogens (tertiary/aromatic N) is 2. The van der Waals surface area contributed by atoms with Crippen LogP contribution in [0, 0.1) is 0 Å². The first-order valence-corrected chi connectivity index (χ1v) is 7.55. The number of hydrogen-bond acceptors (Lipinski definition) is 6. The first-order chi connectivity index (χ1) is 9.17. The third-order valence-electron chi connectivity index (χ3n) is 2.08. The standard InChI is InChI=1S/C11H11ClN4OS2/c1-13-10-15-16-11(19-10)18-6-9(17)14-8-4-2-7(12)3-5-8/h2-5H,6H2,1H3,(H,13,15)(H,14,17). The highest BCUT2D eigenvalue weighted by Crippen LogP contribution is 2.25. The van der Waals surface area contributed by atoms with Crippen LogP contribution in [0.15, 0.2) is 28.6 Å².